The van der Waals surface area contributed by atoms with Crippen LogP contribution in [-0.2, 0) is 9.53 Å². The minimum absolute atomic E-state index is 0.0938. The summed E-state index contributed by atoms with van der Waals surface area (Å²) in [5.74, 6) is -0.612. The zero-order valence-corrected chi connectivity index (χ0v) is 11.2. The number of aliphatic carboxylic acids is 1. The molecule has 1 amide bonds. The third kappa shape index (κ3) is 2.18. The molecule has 1 N–H and O–H groups in total. The molecule has 1 aliphatic heterocycles. The Hall–Kier alpha value is -1.26. The Balaban J connectivity index is 1.97. The summed E-state index contributed by atoms with van der Waals surface area (Å²) in [6, 6.07) is 0. The summed E-state index contributed by atoms with van der Waals surface area (Å²) in [7, 11) is 0. The number of ether oxygens (including phenoxy) is 1. The van der Waals surface area contributed by atoms with E-state index in [2.05, 4.69) is 0 Å². The van der Waals surface area contributed by atoms with Gasteiger partial charge >= 0.3 is 12.1 Å². The van der Waals surface area contributed by atoms with Crippen LogP contribution in [-0.4, -0.2) is 40.8 Å². The lowest BCUT2D eigenvalue weighted by Gasteiger charge is -2.52. The van der Waals surface area contributed by atoms with Crippen LogP contribution in [0.25, 0.3) is 0 Å². The first-order valence-corrected chi connectivity index (χ1v) is 6.46. The van der Waals surface area contributed by atoms with E-state index in [1.165, 1.54) is 0 Å². The lowest BCUT2D eigenvalue weighted by Crippen LogP contribution is -2.58. The summed E-state index contributed by atoms with van der Waals surface area (Å²) >= 11 is 0. The molecule has 2 unspecified atom stereocenters. The second kappa shape index (κ2) is 4.14. The van der Waals surface area contributed by atoms with Crippen LogP contribution >= 0.6 is 0 Å². The molecule has 1 saturated heterocycles. The number of carboxylic acid groups (broad SMARTS) is 1. The van der Waals surface area contributed by atoms with Gasteiger partial charge in [0.15, 0.2) is 0 Å². The number of fused-ring (bicyclic) bond motifs is 1. The van der Waals surface area contributed by atoms with E-state index in [0.717, 1.165) is 12.8 Å². The van der Waals surface area contributed by atoms with E-state index in [1.807, 2.05) is 20.8 Å². The van der Waals surface area contributed by atoms with Crippen LogP contribution in [0.2, 0.25) is 0 Å². The summed E-state index contributed by atoms with van der Waals surface area (Å²) in [6.45, 7) is 6.50. The first-order chi connectivity index (χ1) is 8.24. The van der Waals surface area contributed by atoms with Crippen molar-refractivity contribution in [2.45, 2.75) is 45.6 Å². The normalized spacial score (nSPS) is 31.3. The smallest absolute Gasteiger partial charge is 0.410 e. The molecule has 18 heavy (non-hydrogen) atoms. The molecular formula is C13H21NO4. The highest BCUT2D eigenvalue weighted by atomic mass is 16.6. The minimum Gasteiger partial charge on any atom is -0.481 e. The van der Waals surface area contributed by atoms with Gasteiger partial charge in [0.2, 0.25) is 0 Å². The van der Waals surface area contributed by atoms with Crippen molar-refractivity contribution >= 4 is 12.1 Å². The zero-order valence-electron chi connectivity index (χ0n) is 11.2. The Kier molecular flexibility index (Phi) is 3.03. The molecule has 0 aromatic heterocycles. The van der Waals surface area contributed by atoms with Crippen molar-refractivity contribution in [3.8, 4) is 0 Å². The van der Waals surface area contributed by atoms with Gasteiger partial charge < -0.3 is 14.7 Å². The molecule has 1 aliphatic carbocycles. The Morgan fingerprint density at radius 3 is 2.39 bits per heavy atom. The van der Waals surface area contributed by atoms with Crippen molar-refractivity contribution in [2.75, 3.05) is 13.1 Å². The maximum absolute atomic E-state index is 11.9. The van der Waals surface area contributed by atoms with Crippen LogP contribution in [0.15, 0.2) is 0 Å². The van der Waals surface area contributed by atoms with Gasteiger partial charge in [-0.05, 0) is 46.0 Å². The summed E-state index contributed by atoms with van der Waals surface area (Å²) in [6.07, 6.45) is 1.86. The number of amides is 1. The van der Waals surface area contributed by atoms with E-state index < -0.39 is 17.0 Å². The molecule has 1 heterocycles. The number of hydrogen-bond acceptors (Lipinski definition) is 3. The Labute approximate surface area is 107 Å². The molecule has 0 aromatic carbocycles. The van der Waals surface area contributed by atoms with Crippen molar-refractivity contribution < 1.29 is 19.4 Å². The van der Waals surface area contributed by atoms with Gasteiger partial charge in [0.25, 0.3) is 0 Å². The summed E-state index contributed by atoms with van der Waals surface area (Å²) < 4.78 is 5.32. The maximum atomic E-state index is 11.9. The van der Waals surface area contributed by atoms with Crippen molar-refractivity contribution in [3.05, 3.63) is 0 Å². The van der Waals surface area contributed by atoms with E-state index in [4.69, 9.17) is 4.74 Å². The fraction of sp³-hybridized carbons (Fsp3) is 0.846. The number of rotatable bonds is 1. The lowest BCUT2D eigenvalue weighted by atomic mass is 9.56. The molecule has 5 heteroatoms. The van der Waals surface area contributed by atoms with Crippen LogP contribution in [0.4, 0.5) is 4.79 Å². The van der Waals surface area contributed by atoms with Crippen molar-refractivity contribution in [1.29, 1.82) is 0 Å². The fourth-order valence-electron chi connectivity index (χ4n) is 2.86. The molecule has 2 atom stereocenters. The van der Waals surface area contributed by atoms with Crippen molar-refractivity contribution in [1.82, 2.24) is 4.90 Å². The summed E-state index contributed by atoms with van der Waals surface area (Å²) in [5, 5.41) is 9.30. The second-order valence-corrected chi connectivity index (χ2v) is 6.37. The third-order valence-corrected chi connectivity index (χ3v) is 4.07. The van der Waals surface area contributed by atoms with Gasteiger partial charge in [0.05, 0.1) is 5.41 Å². The quantitative estimate of drug-likeness (QED) is 0.779. The number of hydrogen-bond donors (Lipinski definition) is 1. The Morgan fingerprint density at radius 2 is 2.00 bits per heavy atom. The number of nitrogens with zero attached hydrogens (tertiary/aromatic N) is 1. The highest BCUT2D eigenvalue weighted by Gasteiger charge is 2.55. The predicted octanol–water partition coefficient (Wildman–Crippen LogP) is 2.11. The van der Waals surface area contributed by atoms with Crippen LogP contribution in [0.5, 0.6) is 0 Å². The first kappa shape index (κ1) is 13.2. The Bertz CT molecular complexity index is 374. The van der Waals surface area contributed by atoms with E-state index in [9.17, 15) is 14.7 Å². The van der Waals surface area contributed by atoms with Crippen LogP contribution in [0.3, 0.4) is 0 Å². The average molecular weight is 255 g/mol. The van der Waals surface area contributed by atoms with Crippen molar-refractivity contribution in [3.63, 3.8) is 0 Å². The standard InChI is InChI=1S/C13H21NO4/c1-12(2,3)18-11(17)14-7-6-13(10(15)16)5-4-9(13)8-14/h9H,4-8H2,1-3H3,(H,15,16). The van der Waals surface area contributed by atoms with E-state index >= 15 is 0 Å². The molecule has 0 spiro atoms. The molecule has 2 fully saturated rings. The topological polar surface area (TPSA) is 66.8 Å². The molecule has 1 saturated carbocycles. The number of piperidine rings is 1. The molecule has 102 valence electrons. The third-order valence-electron chi connectivity index (χ3n) is 4.07. The highest BCUT2D eigenvalue weighted by Crippen LogP contribution is 2.52. The summed E-state index contributed by atoms with van der Waals surface area (Å²) in [5.41, 5.74) is -1.07. The van der Waals surface area contributed by atoms with Gasteiger partial charge in [-0.25, -0.2) is 4.79 Å². The molecule has 0 bridgehead atoms. The fourth-order valence-corrected chi connectivity index (χ4v) is 2.86. The van der Waals surface area contributed by atoms with Crippen LogP contribution in [0, 0.1) is 11.3 Å². The molecule has 5 nitrogen and oxygen atoms in total. The maximum Gasteiger partial charge on any atom is 0.410 e. The Morgan fingerprint density at radius 1 is 1.33 bits per heavy atom. The average Bonchev–Trinajstić information content (AvgIpc) is 2.16. The predicted molar refractivity (Wildman–Crippen MR) is 65.2 cm³/mol. The summed E-state index contributed by atoms with van der Waals surface area (Å²) in [4.78, 5) is 24.9. The molecule has 0 aromatic rings. The van der Waals surface area contributed by atoms with Gasteiger partial charge in [-0.15, -0.1) is 0 Å². The number of carbonyl (C=O) groups is 2. The zero-order chi connectivity index (χ0) is 13.6. The van der Waals surface area contributed by atoms with Gasteiger partial charge in [-0.3, -0.25) is 4.79 Å². The largest absolute Gasteiger partial charge is 0.481 e. The van der Waals surface area contributed by atoms with Crippen LogP contribution in [0.1, 0.15) is 40.0 Å². The molecule has 0 radical (unpaired) electrons. The minimum atomic E-state index is -0.706. The monoisotopic (exact) mass is 255 g/mol. The molecule has 2 rings (SSSR count). The van der Waals surface area contributed by atoms with Gasteiger partial charge in [0, 0.05) is 13.1 Å². The second-order valence-electron chi connectivity index (χ2n) is 6.37. The van der Waals surface area contributed by atoms with Crippen LogP contribution < -0.4 is 0 Å². The molecular weight excluding hydrogens is 234 g/mol. The first-order valence-electron chi connectivity index (χ1n) is 6.46. The van der Waals surface area contributed by atoms with Gasteiger partial charge in [0.1, 0.15) is 5.60 Å². The van der Waals surface area contributed by atoms with Crippen molar-refractivity contribution in [2.24, 2.45) is 11.3 Å². The number of carboxylic acids is 1. The highest BCUT2D eigenvalue weighted by molar-refractivity contribution is 5.77. The van der Waals surface area contributed by atoms with E-state index in [1.54, 1.807) is 4.90 Å². The number of carbonyl (C=O) groups excluding carboxylic acids is 1. The molecule has 2 aliphatic rings. The van der Waals surface area contributed by atoms with E-state index in [-0.39, 0.29) is 12.0 Å². The lowest BCUT2D eigenvalue weighted by molar-refractivity contribution is -0.168. The van der Waals surface area contributed by atoms with E-state index in [0.29, 0.717) is 19.5 Å². The number of likely N-dealkylation sites (tertiary alicyclic amines) is 1. The SMILES string of the molecule is CC(C)(C)OC(=O)N1CCC2(C(=O)O)CCC2C1. The van der Waals surface area contributed by atoms with Gasteiger partial charge in [-0.2, -0.15) is 0 Å². The van der Waals surface area contributed by atoms with Gasteiger partial charge in [-0.1, -0.05) is 0 Å².